The van der Waals surface area contributed by atoms with E-state index in [4.69, 9.17) is 11.5 Å². The first-order valence-electron chi connectivity index (χ1n) is 7.73. The highest BCUT2D eigenvalue weighted by Crippen LogP contribution is 2.29. The van der Waals surface area contributed by atoms with Gasteiger partial charge in [-0.1, -0.05) is 13.8 Å². The van der Waals surface area contributed by atoms with Crippen molar-refractivity contribution in [1.82, 2.24) is 9.97 Å². The van der Waals surface area contributed by atoms with E-state index < -0.39 is 35.8 Å². The maximum Gasteiger partial charge on any atom is 0.278 e. The van der Waals surface area contributed by atoms with Crippen molar-refractivity contribution in [1.29, 1.82) is 0 Å². The van der Waals surface area contributed by atoms with Gasteiger partial charge in [0.25, 0.3) is 5.56 Å². The summed E-state index contributed by atoms with van der Waals surface area (Å²) < 4.78 is 0. The Hall–Kier alpha value is -2.17. The smallest absolute Gasteiger partial charge is 0.278 e. The molecule has 10 nitrogen and oxygen atoms in total. The molecule has 10 heteroatoms. The maximum atomic E-state index is 12.8. The van der Waals surface area contributed by atoms with E-state index in [1.807, 2.05) is 0 Å². The van der Waals surface area contributed by atoms with Gasteiger partial charge in [-0.2, -0.15) is 4.98 Å². The Labute approximate surface area is 138 Å². The van der Waals surface area contributed by atoms with Crippen LogP contribution in [-0.4, -0.2) is 56.9 Å². The number of rotatable bonds is 4. The van der Waals surface area contributed by atoms with Crippen molar-refractivity contribution in [2.75, 3.05) is 22.5 Å². The number of nitrogen functional groups attached to an aromatic ring is 1. The standard InChI is InChI=1S/C14H24N6O4/c1-5(2)8(15)13(24)20-7(10(22)6(3)21)4-17-11-9(20)12(23)19-14(16)18-11/h5-8,10,21-22H,4,15H2,1-3H3,(H4,16,17,18,19,23)/t6-,7+,8-,10-/m0/s1. The largest absolute Gasteiger partial charge is 0.391 e. The second-order valence-corrected chi connectivity index (χ2v) is 6.31. The van der Waals surface area contributed by atoms with Gasteiger partial charge in [0.1, 0.15) is 6.10 Å². The van der Waals surface area contributed by atoms with Crippen molar-refractivity contribution in [3.63, 3.8) is 0 Å². The number of aliphatic hydroxyl groups is 2. The lowest BCUT2D eigenvalue weighted by Gasteiger charge is -2.41. The third-order valence-electron chi connectivity index (χ3n) is 4.09. The molecule has 2 heterocycles. The number of nitrogens with zero attached hydrogens (tertiary/aromatic N) is 2. The zero-order chi connectivity index (χ0) is 18.2. The average Bonchev–Trinajstić information content (AvgIpc) is 2.51. The number of aromatic amines is 1. The summed E-state index contributed by atoms with van der Waals surface area (Å²) in [6.07, 6.45) is -2.38. The molecule has 4 atom stereocenters. The molecule has 0 unspecified atom stereocenters. The number of hydrogen-bond donors (Lipinski definition) is 6. The molecule has 0 saturated heterocycles. The summed E-state index contributed by atoms with van der Waals surface area (Å²) in [5, 5.41) is 22.9. The van der Waals surface area contributed by atoms with E-state index >= 15 is 0 Å². The fourth-order valence-electron chi connectivity index (χ4n) is 2.60. The first kappa shape index (κ1) is 18.2. The fraction of sp³-hybridized carbons (Fsp3) is 0.643. The summed E-state index contributed by atoms with van der Waals surface area (Å²) in [4.78, 5) is 32.6. The highest BCUT2D eigenvalue weighted by molar-refractivity contribution is 6.00. The Morgan fingerprint density at radius 1 is 1.38 bits per heavy atom. The van der Waals surface area contributed by atoms with Crippen LogP contribution >= 0.6 is 0 Å². The number of carbonyl (C=O) groups is 1. The number of anilines is 3. The highest BCUT2D eigenvalue weighted by atomic mass is 16.3. The predicted octanol–water partition coefficient (Wildman–Crippen LogP) is -1.80. The summed E-state index contributed by atoms with van der Waals surface area (Å²) in [6.45, 7) is 5.04. The van der Waals surface area contributed by atoms with E-state index in [1.165, 1.54) is 6.92 Å². The molecule has 0 radical (unpaired) electrons. The summed E-state index contributed by atoms with van der Waals surface area (Å²) in [6, 6.07) is -1.75. The Bertz CT molecular complexity index is 674. The molecule has 2 rings (SSSR count). The third kappa shape index (κ3) is 3.21. The quantitative estimate of drug-likeness (QED) is 0.373. The topological polar surface area (TPSA) is 171 Å². The zero-order valence-corrected chi connectivity index (χ0v) is 13.9. The van der Waals surface area contributed by atoms with Crippen LogP contribution in [0.25, 0.3) is 0 Å². The van der Waals surface area contributed by atoms with E-state index in [-0.39, 0.29) is 29.9 Å². The van der Waals surface area contributed by atoms with Crippen molar-refractivity contribution < 1.29 is 15.0 Å². The second-order valence-electron chi connectivity index (χ2n) is 6.31. The van der Waals surface area contributed by atoms with Gasteiger partial charge >= 0.3 is 0 Å². The average molecular weight is 340 g/mol. The molecule has 134 valence electrons. The second kappa shape index (κ2) is 6.75. The summed E-state index contributed by atoms with van der Waals surface area (Å²) in [7, 11) is 0. The number of amides is 1. The minimum atomic E-state index is -1.27. The van der Waals surface area contributed by atoms with Crippen LogP contribution in [-0.2, 0) is 4.79 Å². The minimum Gasteiger partial charge on any atom is -0.391 e. The van der Waals surface area contributed by atoms with Gasteiger partial charge in [-0.15, -0.1) is 0 Å². The number of hydrogen-bond acceptors (Lipinski definition) is 8. The SMILES string of the molecule is CC(C)[C@H](N)C(=O)N1c2c(nc(N)[nH]c2=O)NC[C@@H]1[C@@H](O)[C@H](C)O. The number of nitrogens with one attached hydrogen (secondary N) is 2. The third-order valence-corrected chi connectivity index (χ3v) is 4.09. The monoisotopic (exact) mass is 340 g/mol. The molecular weight excluding hydrogens is 316 g/mol. The van der Waals surface area contributed by atoms with E-state index in [0.29, 0.717) is 0 Å². The zero-order valence-electron chi connectivity index (χ0n) is 13.9. The van der Waals surface area contributed by atoms with Crippen LogP contribution in [0, 0.1) is 5.92 Å². The van der Waals surface area contributed by atoms with Gasteiger partial charge in [0.15, 0.2) is 11.5 Å². The van der Waals surface area contributed by atoms with E-state index in [2.05, 4.69) is 15.3 Å². The van der Waals surface area contributed by atoms with Crippen molar-refractivity contribution in [3.8, 4) is 0 Å². The Morgan fingerprint density at radius 2 is 2.00 bits per heavy atom. The number of nitrogens with two attached hydrogens (primary N) is 2. The van der Waals surface area contributed by atoms with Gasteiger partial charge < -0.3 is 27.0 Å². The van der Waals surface area contributed by atoms with Crippen LogP contribution in [0.5, 0.6) is 0 Å². The van der Waals surface area contributed by atoms with Crippen LogP contribution in [0.15, 0.2) is 4.79 Å². The first-order chi connectivity index (χ1) is 11.1. The van der Waals surface area contributed by atoms with E-state index in [0.717, 1.165) is 4.90 Å². The van der Waals surface area contributed by atoms with Gasteiger partial charge in [0.05, 0.1) is 18.2 Å². The first-order valence-corrected chi connectivity index (χ1v) is 7.73. The summed E-state index contributed by atoms with van der Waals surface area (Å²) in [5.74, 6) is -0.675. The highest BCUT2D eigenvalue weighted by Gasteiger charge is 2.41. The van der Waals surface area contributed by atoms with E-state index in [1.54, 1.807) is 13.8 Å². The van der Waals surface area contributed by atoms with Crippen molar-refractivity contribution in [2.24, 2.45) is 11.7 Å². The predicted molar refractivity (Wildman–Crippen MR) is 89.5 cm³/mol. The molecule has 1 aliphatic rings. The Kier molecular flexibility index (Phi) is 5.11. The molecule has 24 heavy (non-hydrogen) atoms. The number of aliphatic hydroxyl groups excluding tert-OH is 2. The van der Waals surface area contributed by atoms with E-state index in [9.17, 15) is 19.8 Å². The van der Waals surface area contributed by atoms with Crippen LogP contribution in [0.4, 0.5) is 17.5 Å². The van der Waals surface area contributed by atoms with Gasteiger partial charge in [-0.25, -0.2) is 0 Å². The summed E-state index contributed by atoms with van der Waals surface area (Å²) in [5.41, 5.74) is 10.8. The number of aromatic nitrogens is 2. The van der Waals surface area contributed by atoms with Gasteiger partial charge in [-0.3, -0.25) is 19.5 Å². The molecule has 1 aromatic rings. The van der Waals surface area contributed by atoms with Gasteiger partial charge in [0, 0.05) is 6.54 Å². The molecule has 0 bridgehead atoms. The lowest BCUT2D eigenvalue weighted by atomic mass is 9.98. The number of H-pyrrole nitrogens is 1. The van der Waals surface area contributed by atoms with Crippen LogP contribution < -0.4 is 27.2 Å². The minimum absolute atomic E-state index is 0.0683. The van der Waals surface area contributed by atoms with Crippen molar-refractivity contribution in [3.05, 3.63) is 10.4 Å². The Balaban J connectivity index is 2.57. The van der Waals surface area contributed by atoms with Crippen LogP contribution in [0.3, 0.4) is 0 Å². The molecular formula is C14H24N6O4. The normalized spacial score (nSPS) is 21.0. The van der Waals surface area contributed by atoms with Crippen molar-refractivity contribution in [2.45, 2.75) is 45.1 Å². The lowest BCUT2D eigenvalue weighted by molar-refractivity contribution is -0.122. The molecule has 1 aromatic heterocycles. The molecule has 8 N–H and O–H groups in total. The van der Waals surface area contributed by atoms with Crippen molar-refractivity contribution >= 4 is 23.4 Å². The van der Waals surface area contributed by atoms with Gasteiger partial charge in [0.2, 0.25) is 11.9 Å². The molecule has 0 fully saturated rings. The molecule has 1 aliphatic heterocycles. The fourth-order valence-corrected chi connectivity index (χ4v) is 2.60. The lowest BCUT2D eigenvalue weighted by Crippen LogP contribution is -2.61. The summed E-state index contributed by atoms with van der Waals surface area (Å²) >= 11 is 0. The molecule has 1 amide bonds. The van der Waals surface area contributed by atoms with Crippen LogP contribution in [0.1, 0.15) is 20.8 Å². The molecule has 0 aliphatic carbocycles. The molecule has 0 spiro atoms. The van der Waals surface area contributed by atoms with Crippen LogP contribution in [0.2, 0.25) is 0 Å². The maximum absolute atomic E-state index is 12.8. The number of fused-ring (bicyclic) bond motifs is 1. The Morgan fingerprint density at radius 3 is 2.54 bits per heavy atom. The molecule has 0 aromatic carbocycles. The number of carbonyl (C=O) groups excluding carboxylic acids is 1. The van der Waals surface area contributed by atoms with Gasteiger partial charge in [-0.05, 0) is 12.8 Å². The molecule has 0 saturated carbocycles.